The smallest absolute Gasteiger partial charge is 0.190 e. The third-order valence-electron chi connectivity index (χ3n) is 4.73. The maximum Gasteiger partial charge on any atom is 0.190 e. The molecule has 0 bridgehead atoms. The standard InChI is InChI=1S/C18H33N5.HI/c1-15-6-4-7-17(12-15)8-10-21-18(19-3)20-9-5-11-23-14-16(2)13-22-23;/h13-15,17H,4-12H2,1-3H3,(H2,19,20,21);1H. The summed E-state index contributed by atoms with van der Waals surface area (Å²) < 4.78 is 2.00. The van der Waals surface area contributed by atoms with Crippen LogP contribution in [0.2, 0.25) is 0 Å². The van der Waals surface area contributed by atoms with E-state index in [0.29, 0.717) is 0 Å². The van der Waals surface area contributed by atoms with Gasteiger partial charge in [-0.2, -0.15) is 5.10 Å². The fourth-order valence-corrected chi connectivity index (χ4v) is 3.47. The van der Waals surface area contributed by atoms with E-state index in [1.807, 2.05) is 17.9 Å². The minimum atomic E-state index is 0. The number of aliphatic imine (C=N–C) groups is 1. The van der Waals surface area contributed by atoms with Gasteiger partial charge in [-0.15, -0.1) is 24.0 Å². The van der Waals surface area contributed by atoms with Gasteiger partial charge in [0.2, 0.25) is 0 Å². The van der Waals surface area contributed by atoms with Crippen LogP contribution in [-0.2, 0) is 6.54 Å². The number of nitrogens with zero attached hydrogens (tertiary/aromatic N) is 3. The van der Waals surface area contributed by atoms with Crippen molar-refractivity contribution in [3.05, 3.63) is 18.0 Å². The largest absolute Gasteiger partial charge is 0.356 e. The molecular formula is C18H34IN5. The highest BCUT2D eigenvalue weighted by Crippen LogP contribution is 2.30. The van der Waals surface area contributed by atoms with E-state index in [4.69, 9.17) is 0 Å². The Morgan fingerprint density at radius 3 is 2.79 bits per heavy atom. The molecule has 2 rings (SSSR count). The summed E-state index contributed by atoms with van der Waals surface area (Å²) in [6.45, 7) is 7.34. The Bertz CT molecular complexity index is 486. The first-order valence-electron chi connectivity index (χ1n) is 9.11. The Hall–Kier alpha value is -0.790. The van der Waals surface area contributed by atoms with Gasteiger partial charge in [0, 0.05) is 32.9 Å². The Kier molecular flexibility index (Phi) is 10.4. The van der Waals surface area contributed by atoms with Gasteiger partial charge in [0.05, 0.1) is 6.20 Å². The molecule has 0 aliphatic heterocycles. The van der Waals surface area contributed by atoms with Crippen molar-refractivity contribution in [3.63, 3.8) is 0 Å². The molecule has 1 heterocycles. The Morgan fingerprint density at radius 1 is 1.33 bits per heavy atom. The van der Waals surface area contributed by atoms with Crippen molar-refractivity contribution in [3.8, 4) is 0 Å². The van der Waals surface area contributed by atoms with Crippen LogP contribution in [0.4, 0.5) is 0 Å². The fourth-order valence-electron chi connectivity index (χ4n) is 3.47. The van der Waals surface area contributed by atoms with Gasteiger partial charge >= 0.3 is 0 Å². The molecule has 2 atom stereocenters. The third kappa shape index (κ3) is 7.85. The quantitative estimate of drug-likeness (QED) is 0.291. The summed E-state index contributed by atoms with van der Waals surface area (Å²) in [6, 6.07) is 0. The molecule has 5 nitrogen and oxygen atoms in total. The lowest BCUT2D eigenvalue weighted by atomic mass is 9.81. The normalized spacial score (nSPS) is 21.2. The van der Waals surface area contributed by atoms with E-state index in [-0.39, 0.29) is 24.0 Å². The van der Waals surface area contributed by atoms with Crippen molar-refractivity contribution in [2.75, 3.05) is 20.1 Å². The Morgan fingerprint density at radius 2 is 2.12 bits per heavy atom. The zero-order valence-corrected chi connectivity index (χ0v) is 17.8. The number of aromatic nitrogens is 2. The Labute approximate surface area is 164 Å². The molecule has 24 heavy (non-hydrogen) atoms. The second-order valence-corrected chi connectivity index (χ2v) is 6.99. The number of guanidine groups is 1. The second-order valence-electron chi connectivity index (χ2n) is 6.99. The van der Waals surface area contributed by atoms with E-state index in [9.17, 15) is 0 Å². The van der Waals surface area contributed by atoms with Gasteiger partial charge in [0.1, 0.15) is 0 Å². The number of rotatable bonds is 7. The van der Waals surface area contributed by atoms with Crippen molar-refractivity contribution in [1.82, 2.24) is 20.4 Å². The summed E-state index contributed by atoms with van der Waals surface area (Å²) >= 11 is 0. The van der Waals surface area contributed by atoms with E-state index < -0.39 is 0 Å². The predicted molar refractivity (Wildman–Crippen MR) is 112 cm³/mol. The molecule has 138 valence electrons. The number of hydrogen-bond acceptors (Lipinski definition) is 2. The van der Waals surface area contributed by atoms with Gasteiger partial charge in [-0.1, -0.05) is 26.2 Å². The maximum atomic E-state index is 4.31. The molecular weight excluding hydrogens is 413 g/mol. The van der Waals surface area contributed by atoms with Crippen LogP contribution in [0.1, 0.15) is 51.0 Å². The second kappa shape index (κ2) is 11.7. The van der Waals surface area contributed by atoms with Crippen LogP contribution in [0.15, 0.2) is 17.4 Å². The molecule has 1 aromatic rings. The molecule has 2 N–H and O–H groups in total. The van der Waals surface area contributed by atoms with Gasteiger partial charge in [0.15, 0.2) is 5.96 Å². The third-order valence-corrected chi connectivity index (χ3v) is 4.73. The van der Waals surface area contributed by atoms with E-state index in [1.165, 1.54) is 37.7 Å². The SMILES string of the molecule is CN=C(NCCCn1cc(C)cn1)NCCC1CCCC(C)C1.I. The molecule has 6 heteroatoms. The van der Waals surface area contributed by atoms with Crippen LogP contribution < -0.4 is 10.6 Å². The van der Waals surface area contributed by atoms with Crippen molar-refractivity contribution >= 4 is 29.9 Å². The first-order chi connectivity index (χ1) is 11.2. The summed E-state index contributed by atoms with van der Waals surface area (Å²) in [7, 11) is 1.84. The summed E-state index contributed by atoms with van der Waals surface area (Å²) in [5, 5.41) is 11.1. The van der Waals surface area contributed by atoms with Gasteiger partial charge in [-0.3, -0.25) is 9.67 Å². The average molecular weight is 447 g/mol. The average Bonchev–Trinajstić information content (AvgIpc) is 2.95. The molecule has 0 saturated heterocycles. The van der Waals surface area contributed by atoms with Crippen LogP contribution in [0, 0.1) is 18.8 Å². The molecule has 0 spiro atoms. The van der Waals surface area contributed by atoms with Crippen LogP contribution in [0.25, 0.3) is 0 Å². The molecule has 1 saturated carbocycles. The van der Waals surface area contributed by atoms with Crippen molar-refractivity contribution in [2.24, 2.45) is 16.8 Å². The first kappa shape index (κ1) is 21.3. The molecule has 2 unspecified atom stereocenters. The zero-order chi connectivity index (χ0) is 16.5. The van der Waals surface area contributed by atoms with E-state index >= 15 is 0 Å². The van der Waals surface area contributed by atoms with E-state index in [1.54, 1.807) is 0 Å². The predicted octanol–water partition coefficient (Wildman–Crippen LogP) is 3.58. The summed E-state index contributed by atoms with van der Waals surface area (Å²) in [6.07, 6.45) is 11.9. The van der Waals surface area contributed by atoms with Gasteiger partial charge in [-0.05, 0) is 43.6 Å². The summed E-state index contributed by atoms with van der Waals surface area (Å²) in [4.78, 5) is 4.31. The summed E-state index contributed by atoms with van der Waals surface area (Å²) in [5.41, 5.74) is 1.22. The highest BCUT2D eigenvalue weighted by Gasteiger charge is 2.18. The number of nitrogens with one attached hydrogen (secondary N) is 2. The molecule has 1 fully saturated rings. The molecule has 1 aliphatic rings. The molecule has 1 aliphatic carbocycles. The van der Waals surface area contributed by atoms with Crippen molar-refractivity contribution in [1.29, 1.82) is 0 Å². The zero-order valence-electron chi connectivity index (χ0n) is 15.4. The van der Waals surface area contributed by atoms with Crippen LogP contribution in [0.3, 0.4) is 0 Å². The minimum Gasteiger partial charge on any atom is -0.356 e. The molecule has 0 aromatic carbocycles. The lowest BCUT2D eigenvalue weighted by molar-refractivity contribution is 0.270. The fraction of sp³-hybridized carbons (Fsp3) is 0.778. The number of halogens is 1. The lowest BCUT2D eigenvalue weighted by Gasteiger charge is -2.26. The van der Waals surface area contributed by atoms with Gasteiger partial charge in [0.25, 0.3) is 0 Å². The monoisotopic (exact) mass is 447 g/mol. The number of hydrogen-bond donors (Lipinski definition) is 2. The van der Waals surface area contributed by atoms with E-state index in [0.717, 1.165) is 43.9 Å². The van der Waals surface area contributed by atoms with Gasteiger partial charge < -0.3 is 10.6 Å². The highest BCUT2D eigenvalue weighted by atomic mass is 127. The van der Waals surface area contributed by atoms with Crippen LogP contribution in [-0.4, -0.2) is 35.9 Å². The van der Waals surface area contributed by atoms with E-state index in [2.05, 4.69) is 40.8 Å². The lowest BCUT2D eigenvalue weighted by Crippen LogP contribution is -2.39. The van der Waals surface area contributed by atoms with Crippen molar-refractivity contribution in [2.45, 2.75) is 58.9 Å². The topological polar surface area (TPSA) is 54.2 Å². The van der Waals surface area contributed by atoms with Crippen LogP contribution >= 0.6 is 24.0 Å². The van der Waals surface area contributed by atoms with Crippen LogP contribution in [0.5, 0.6) is 0 Å². The summed E-state index contributed by atoms with van der Waals surface area (Å²) in [5.74, 6) is 2.73. The molecule has 0 radical (unpaired) electrons. The van der Waals surface area contributed by atoms with Gasteiger partial charge in [-0.25, -0.2) is 0 Å². The van der Waals surface area contributed by atoms with Crippen molar-refractivity contribution < 1.29 is 0 Å². The highest BCUT2D eigenvalue weighted by molar-refractivity contribution is 14.0. The Balaban J connectivity index is 0.00000288. The number of aryl methyl sites for hydroxylation is 2. The molecule has 0 amide bonds. The molecule has 1 aromatic heterocycles. The maximum absolute atomic E-state index is 4.31. The first-order valence-corrected chi connectivity index (χ1v) is 9.11. The minimum absolute atomic E-state index is 0.